The Morgan fingerprint density at radius 1 is 1.50 bits per heavy atom. The summed E-state index contributed by atoms with van der Waals surface area (Å²) in [6.07, 6.45) is 1.95. The molecule has 110 valence electrons. The highest BCUT2D eigenvalue weighted by Gasteiger charge is 2.26. The number of hydrogen-bond donors (Lipinski definition) is 2. The molecule has 8 heteroatoms. The Kier molecular flexibility index (Phi) is 5.45. The molecule has 1 saturated heterocycles. The van der Waals surface area contributed by atoms with Crippen molar-refractivity contribution in [2.24, 2.45) is 11.7 Å². The van der Waals surface area contributed by atoms with Crippen LogP contribution in [0.4, 0.5) is 4.79 Å². The molecule has 1 aliphatic heterocycles. The second kappa shape index (κ2) is 6.91. The normalized spacial score (nSPS) is 18.9. The number of urea groups is 1. The molecule has 2 rings (SSSR count). The van der Waals surface area contributed by atoms with Crippen LogP contribution in [0.25, 0.3) is 0 Å². The van der Waals surface area contributed by atoms with Gasteiger partial charge in [0, 0.05) is 24.1 Å². The van der Waals surface area contributed by atoms with E-state index in [0.29, 0.717) is 18.0 Å². The first-order valence-electron chi connectivity index (χ1n) is 6.24. The second-order valence-corrected chi connectivity index (χ2v) is 7.96. The van der Waals surface area contributed by atoms with Gasteiger partial charge < -0.3 is 16.0 Å². The fraction of sp³-hybridized carbons (Fsp3) is 0.500. The minimum Gasteiger partial charge on any atom is -0.352 e. The SMILES string of the molecule is NC(=O)NCC1CCCN(C(=O)c2cc(Br)c(Br)s2)C1. The molecule has 0 spiro atoms. The van der Waals surface area contributed by atoms with Gasteiger partial charge in [-0.3, -0.25) is 4.79 Å². The van der Waals surface area contributed by atoms with Crippen molar-refractivity contribution in [3.05, 3.63) is 19.2 Å². The second-order valence-electron chi connectivity index (χ2n) is 4.74. The summed E-state index contributed by atoms with van der Waals surface area (Å²) in [5, 5.41) is 2.62. The Balaban J connectivity index is 1.97. The fourth-order valence-corrected chi connectivity index (χ4v) is 4.27. The Morgan fingerprint density at radius 3 is 2.85 bits per heavy atom. The Hall–Kier alpha value is -0.600. The van der Waals surface area contributed by atoms with Gasteiger partial charge >= 0.3 is 6.03 Å². The summed E-state index contributed by atoms with van der Waals surface area (Å²) < 4.78 is 1.82. The van der Waals surface area contributed by atoms with Gasteiger partial charge in [0.05, 0.1) is 8.66 Å². The summed E-state index contributed by atoms with van der Waals surface area (Å²) in [6, 6.07) is 1.32. The third kappa shape index (κ3) is 3.95. The van der Waals surface area contributed by atoms with E-state index < -0.39 is 6.03 Å². The van der Waals surface area contributed by atoms with Crippen LogP contribution in [-0.2, 0) is 0 Å². The smallest absolute Gasteiger partial charge is 0.312 e. The largest absolute Gasteiger partial charge is 0.352 e. The molecule has 3 N–H and O–H groups in total. The maximum absolute atomic E-state index is 12.4. The minimum absolute atomic E-state index is 0.0465. The van der Waals surface area contributed by atoms with Crippen LogP contribution in [0.15, 0.2) is 14.3 Å². The van der Waals surface area contributed by atoms with Crippen molar-refractivity contribution < 1.29 is 9.59 Å². The molecule has 0 radical (unpaired) electrons. The third-order valence-electron chi connectivity index (χ3n) is 3.23. The maximum Gasteiger partial charge on any atom is 0.312 e. The molecule has 1 unspecified atom stereocenters. The summed E-state index contributed by atoms with van der Waals surface area (Å²) in [5.74, 6) is 0.317. The average molecular weight is 425 g/mol. The van der Waals surface area contributed by atoms with Crippen LogP contribution in [0.5, 0.6) is 0 Å². The van der Waals surface area contributed by atoms with Gasteiger partial charge in [-0.2, -0.15) is 0 Å². The van der Waals surface area contributed by atoms with Crippen LogP contribution in [0.3, 0.4) is 0 Å². The first-order chi connectivity index (χ1) is 9.47. The van der Waals surface area contributed by atoms with E-state index in [0.717, 1.165) is 27.6 Å². The molecular weight excluding hydrogens is 410 g/mol. The Bertz CT molecular complexity index is 501. The van der Waals surface area contributed by atoms with Gasteiger partial charge in [-0.05, 0) is 56.7 Å². The molecule has 1 aromatic rings. The highest BCUT2D eigenvalue weighted by atomic mass is 79.9. The van der Waals surface area contributed by atoms with Crippen LogP contribution < -0.4 is 11.1 Å². The molecular formula is C12H15Br2N3O2S. The predicted octanol–water partition coefficient (Wildman–Crippen LogP) is 2.79. The Labute approximate surface area is 138 Å². The lowest BCUT2D eigenvalue weighted by atomic mass is 9.98. The molecule has 2 heterocycles. The first-order valence-corrected chi connectivity index (χ1v) is 8.65. The standard InChI is InChI=1S/C12H15Br2N3O2S/c13-8-4-9(20-10(8)14)11(18)17-3-1-2-7(6-17)5-16-12(15)19/h4,7H,1-3,5-6H2,(H3,15,16,19). The Morgan fingerprint density at radius 2 is 2.25 bits per heavy atom. The lowest BCUT2D eigenvalue weighted by Crippen LogP contribution is -2.44. The van der Waals surface area contributed by atoms with Gasteiger partial charge in [-0.15, -0.1) is 11.3 Å². The number of thiophene rings is 1. The van der Waals surface area contributed by atoms with Crippen molar-refractivity contribution in [2.45, 2.75) is 12.8 Å². The van der Waals surface area contributed by atoms with Crippen molar-refractivity contribution in [1.29, 1.82) is 0 Å². The van der Waals surface area contributed by atoms with Crippen molar-refractivity contribution in [3.8, 4) is 0 Å². The molecule has 1 atom stereocenters. The third-order valence-corrected chi connectivity index (χ3v) is 6.47. The zero-order valence-electron chi connectivity index (χ0n) is 10.7. The number of hydrogen-bond acceptors (Lipinski definition) is 3. The van der Waals surface area contributed by atoms with Gasteiger partial charge in [-0.1, -0.05) is 0 Å². The lowest BCUT2D eigenvalue weighted by Gasteiger charge is -2.32. The van der Waals surface area contributed by atoms with Gasteiger partial charge in [0.15, 0.2) is 0 Å². The number of primary amides is 1. The van der Waals surface area contributed by atoms with Crippen LogP contribution in [0, 0.1) is 5.92 Å². The van der Waals surface area contributed by atoms with Gasteiger partial charge in [-0.25, -0.2) is 4.79 Å². The van der Waals surface area contributed by atoms with E-state index in [9.17, 15) is 9.59 Å². The van der Waals surface area contributed by atoms with Gasteiger partial charge in [0.25, 0.3) is 5.91 Å². The molecule has 1 aromatic heterocycles. The number of likely N-dealkylation sites (tertiary alicyclic amines) is 1. The fourth-order valence-electron chi connectivity index (χ4n) is 2.27. The number of nitrogens with zero attached hydrogens (tertiary/aromatic N) is 1. The van der Waals surface area contributed by atoms with Crippen LogP contribution >= 0.6 is 43.2 Å². The molecule has 0 saturated carbocycles. The molecule has 0 bridgehead atoms. The highest BCUT2D eigenvalue weighted by molar-refractivity contribution is 9.13. The number of nitrogens with one attached hydrogen (secondary N) is 1. The van der Waals surface area contributed by atoms with E-state index in [4.69, 9.17) is 5.73 Å². The number of carbonyl (C=O) groups is 2. The van der Waals surface area contributed by atoms with E-state index in [-0.39, 0.29) is 11.8 Å². The topological polar surface area (TPSA) is 75.4 Å². The molecule has 20 heavy (non-hydrogen) atoms. The number of piperidine rings is 1. The number of amides is 3. The highest BCUT2D eigenvalue weighted by Crippen LogP contribution is 2.33. The summed E-state index contributed by atoms with van der Waals surface area (Å²) in [5.41, 5.74) is 5.08. The predicted molar refractivity (Wildman–Crippen MR) is 85.9 cm³/mol. The molecule has 1 fully saturated rings. The van der Waals surface area contributed by atoms with Gasteiger partial charge in [0.1, 0.15) is 0 Å². The van der Waals surface area contributed by atoms with E-state index in [1.54, 1.807) is 0 Å². The van der Waals surface area contributed by atoms with Gasteiger partial charge in [0.2, 0.25) is 0 Å². The lowest BCUT2D eigenvalue weighted by molar-refractivity contribution is 0.0680. The van der Waals surface area contributed by atoms with Crippen LogP contribution in [-0.4, -0.2) is 36.5 Å². The van der Waals surface area contributed by atoms with Crippen LogP contribution in [0.2, 0.25) is 0 Å². The number of nitrogens with two attached hydrogens (primary N) is 1. The first kappa shape index (κ1) is 15.8. The zero-order chi connectivity index (χ0) is 14.7. The molecule has 5 nitrogen and oxygen atoms in total. The van der Waals surface area contributed by atoms with Crippen molar-refractivity contribution >= 4 is 55.1 Å². The monoisotopic (exact) mass is 423 g/mol. The molecule has 1 aliphatic rings. The summed E-state index contributed by atoms with van der Waals surface area (Å²) in [6.45, 7) is 1.95. The maximum atomic E-state index is 12.4. The summed E-state index contributed by atoms with van der Waals surface area (Å²) in [4.78, 5) is 25.7. The summed E-state index contributed by atoms with van der Waals surface area (Å²) in [7, 11) is 0. The summed E-state index contributed by atoms with van der Waals surface area (Å²) >= 11 is 8.22. The van der Waals surface area contributed by atoms with Crippen molar-refractivity contribution in [2.75, 3.05) is 19.6 Å². The average Bonchev–Trinajstić information content (AvgIpc) is 2.76. The molecule has 3 amide bonds. The van der Waals surface area contributed by atoms with E-state index >= 15 is 0 Å². The molecule has 0 aromatic carbocycles. The van der Waals surface area contributed by atoms with E-state index in [1.165, 1.54) is 11.3 Å². The number of halogens is 2. The number of carbonyl (C=O) groups excluding carboxylic acids is 2. The minimum atomic E-state index is -0.514. The van der Waals surface area contributed by atoms with Crippen molar-refractivity contribution in [1.82, 2.24) is 10.2 Å². The van der Waals surface area contributed by atoms with E-state index in [2.05, 4.69) is 37.2 Å². The van der Waals surface area contributed by atoms with Crippen molar-refractivity contribution in [3.63, 3.8) is 0 Å². The van der Waals surface area contributed by atoms with Crippen LogP contribution in [0.1, 0.15) is 22.5 Å². The molecule has 0 aliphatic carbocycles. The quantitative estimate of drug-likeness (QED) is 0.782. The van der Waals surface area contributed by atoms with E-state index in [1.807, 2.05) is 11.0 Å². The number of rotatable bonds is 3. The zero-order valence-corrected chi connectivity index (χ0v) is 14.7.